The van der Waals surface area contributed by atoms with Crippen molar-refractivity contribution in [2.24, 2.45) is 7.05 Å². The Kier molecular flexibility index (Phi) is 2.74. The number of nitrogens with zero attached hydrogens (tertiary/aromatic N) is 5. The number of carboxylic acid groups (broad SMARTS) is 1. The summed E-state index contributed by atoms with van der Waals surface area (Å²) in [7, 11) is 1.88. The lowest BCUT2D eigenvalue weighted by atomic mass is 10.2. The van der Waals surface area contributed by atoms with Gasteiger partial charge >= 0.3 is 5.97 Å². The maximum Gasteiger partial charge on any atom is 0.358 e. The summed E-state index contributed by atoms with van der Waals surface area (Å²) in [5.74, 6) is -1.07. The minimum absolute atomic E-state index is 0.0229. The lowest BCUT2D eigenvalue weighted by Crippen LogP contribution is -2.07. The second kappa shape index (κ2) is 4.44. The summed E-state index contributed by atoms with van der Waals surface area (Å²) in [4.78, 5) is 11.0. The molecule has 3 aromatic rings. The van der Waals surface area contributed by atoms with Gasteiger partial charge in [0.2, 0.25) is 0 Å². The van der Waals surface area contributed by atoms with E-state index in [1.807, 2.05) is 31.3 Å². The Labute approximate surface area is 114 Å². The first kappa shape index (κ1) is 12.3. The Morgan fingerprint density at radius 1 is 1.35 bits per heavy atom. The number of carboxylic acids is 1. The van der Waals surface area contributed by atoms with Crippen LogP contribution in [0, 0.1) is 6.92 Å². The van der Waals surface area contributed by atoms with Gasteiger partial charge in [0.25, 0.3) is 0 Å². The standard InChI is InChI=1S/C13H13N5O2/c1-8-12(13(19)20)14-16-18(8)7-10-9-5-3-4-6-11(9)17(2)15-10/h3-6H,7H2,1-2H3,(H,19,20). The molecular formula is C13H13N5O2. The van der Waals surface area contributed by atoms with Crippen molar-refractivity contribution in [1.82, 2.24) is 24.8 Å². The molecule has 3 rings (SSSR count). The Morgan fingerprint density at radius 3 is 2.80 bits per heavy atom. The lowest BCUT2D eigenvalue weighted by Gasteiger charge is -2.00. The fraction of sp³-hybridized carbons (Fsp3) is 0.231. The number of hydrogen-bond acceptors (Lipinski definition) is 4. The number of benzene rings is 1. The first-order valence-electron chi connectivity index (χ1n) is 6.12. The Hall–Kier alpha value is -2.70. The zero-order valence-electron chi connectivity index (χ0n) is 11.1. The molecule has 1 aromatic carbocycles. The third-order valence-electron chi connectivity index (χ3n) is 3.32. The Balaban J connectivity index is 2.04. The molecule has 2 aromatic heterocycles. The lowest BCUT2D eigenvalue weighted by molar-refractivity contribution is 0.0689. The fourth-order valence-electron chi connectivity index (χ4n) is 2.26. The van der Waals surface area contributed by atoms with E-state index in [4.69, 9.17) is 5.11 Å². The summed E-state index contributed by atoms with van der Waals surface area (Å²) in [5.41, 5.74) is 2.37. The minimum Gasteiger partial charge on any atom is -0.476 e. The normalized spacial score (nSPS) is 11.1. The molecule has 102 valence electrons. The van der Waals surface area contributed by atoms with Gasteiger partial charge in [0, 0.05) is 12.4 Å². The predicted molar refractivity (Wildman–Crippen MR) is 71.5 cm³/mol. The fourth-order valence-corrected chi connectivity index (χ4v) is 2.26. The van der Waals surface area contributed by atoms with Crippen molar-refractivity contribution < 1.29 is 9.90 Å². The van der Waals surface area contributed by atoms with Crippen molar-refractivity contribution in [3.63, 3.8) is 0 Å². The van der Waals surface area contributed by atoms with Crippen LogP contribution in [0.15, 0.2) is 24.3 Å². The van der Waals surface area contributed by atoms with Crippen molar-refractivity contribution in [2.45, 2.75) is 13.5 Å². The molecule has 20 heavy (non-hydrogen) atoms. The van der Waals surface area contributed by atoms with E-state index in [0.717, 1.165) is 16.6 Å². The maximum absolute atomic E-state index is 11.0. The molecule has 0 radical (unpaired) electrons. The van der Waals surface area contributed by atoms with Gasteiger partial charge in [-0.2, -0.15) is 5.10 Å². The molecule has 0 aliphatic heterocycles. The number of aromatic carboxylic acids is 1. The van der Waals surface area contributed by atoms with Crippen LogP contribution in [0.1, 0.15) is 21.9 Å². The van der Waals surface area contributed by atoms with Gasteiger partial charge in [0.05, 0.1) is 23.4 Å². The van der Waals surface area contributed by atoms with E-state index >= 15 is 0 Å². The zero-order chi connectivity index (χ0) is 14.3. The number of fused-ring (bicyclic) bond motifs is 1. The summed E-state index contributed by atoms with van der Waals surface area (Å²) in [6, 6.07) is 7.88. The van der Waals surface area contributed by atoms with Crippen LogP contribution in [0.3, 0.4) is 0 Å². The summed E-state index contributed by atoms with van der Waals surface area (Å²) in [6.45, 7) is 2.09. The van der Waals surface area contributed by atoms with Crippen molar-refractivity contribution in [2.75, 3.05) is 0 Å². The van der Waals surface area contributed by atoms with Crippen LogP contribution in [0.5, 0.6) is 0 Å². The van der Waals surface area contributed by atoms with E-state index in [2.05, 4.69) is 15.4 Å². The zero-order valence-corrected chi connectivity index (χ0v) is 11.1. The van der Waals surface area contributed by atoms with E-state index in [1.54, 1.807) is 16.3 Å². The first-order valence-corrected chi connectivity index (χ1v) is 6.12. The summed E-state index contributed by atoms with van der Waals surface area (Å²) < 4.78 is 3.35. The third-order valence-corrected chi connectivity index (χ3v) is 3.32. The maximum atomic E-state index is 11.0. The quantitative estimate of drug-likeness (QED) is 0.774. The highest BCUT2D eigenvalue weighted by molar-refractivity contribution is 5.86. The van der Waals surface area contributed by atoms with Crippen LogP contribution in [-0.2, 0) is 13.6 Å². The smallest absolute Gasteiger partial charge is 0.358 e. The third kappa shape index (κ3) is 1.83. The number of aromatic nitrogens is 5. The second-order valence-electron chi connectivity index (χ2n) is 4.57. The molecule has 0 fully saturated rings. The number of para-hydroxylation sites is 1. The monoisotopic (exact) mass is 271 g/mol. The molecule has 0 amide bonds. The molecule has 1 N–H and O–H groups in total. The highest BCUT2D eigenvalue weighted by Crippen LogP contribution is 2.18. The summed E-state index contributed by atoms with van der Waals surface area (Å²) in [6.07, 6.45) is 0. The van der Waals surface area contributed by atoms with Crippen LogP contribution in [0.4, 0.5) is 0 Å². The second-order valence-corrected chi connectivity index (χ2v) is 4.57. The molecule has 0 unspecified atom stereocenters. The van der Waals surface area contributed by atoms with Gasteiger partial charge in [0.1, 0.15) is 0 Å². The molecule has 0 atom stereocenters. The van der Waals surface area contributed by atoms with Crippen molar-refractivity contribution in [3.8, 4) is 0 Å². The molecule has 0 bridgehead atoms. The van der Waals surface area contributed by atoms with Gasteiger partial charge in [0.15, 0.2) is 5.69 Å². The largest absolute Gasteiger partial charge is 0.476 e. The molecule has 2 heterocycles. The van der Waals surface area contributed by atoms with Crippen LogP contribution < -0.4 is 0 Å². The van der Waals surface area contributed by atoms with Gasteiger partial charge in [-0.25, -0.2) is 9.48 Å². The molecule has 7 heteroatoms. The molecular weight excluding hydrogens is 258 g/mol. The molecule has 0 saturated carbocycles. The van der Waals surface area contributed by atoms with Gasteiger partial charge < -0.3 is 5.11 Å². The average molecular weight is 271 g/mol. The Morgan fingerprint density at radius 2 is 2.10 bits per heavy atom. The molecule has 7 nitrogen and oxygen atoms in total. The van der Waals surface area contributed by atoms with Crippen LogP contribution >= 0.6 is 0 Å². The van der Waals surface area contributed by atoms with E-state index in [0.29, 0.717) is 12.2 Å². The van der Waals surface area contributed by atoms with Crippen molar-refractivity contribution >= 4 is 16.9 Å². The number of carbonyl (C=O) groups is 1. The van der Waals surface area contributed by atoms with Crippen LogP contribution in [0.25, 0.3) is 10.9 Å². The highest BCUT2D eigenvalue weighted by Gasteiger charge is 2.17. The summed E-state index contributed by atoms with van der Waals surface area (Å²) in [5, 5.41) is 22.0. The average Bonchev–Trinajstić information content (AvgIpc) is 2.93. The topological polar surface area (TPSA) is 85.8 Å². The first-order chi connectivity index (χ1) is 9.58. The molecule has 0 spiro atoms. The van der Waals surface area contributed by atoms with Gasteiger partial charge in [-0.05, 0) is 13.0 Å². The molecule has 0 saturated heterocycles. The summed E-state index contributed by atoms with van der Waals surface area (Å²) >= 11 is 0. The SMILES string of the molecule is Cc1c(C(=O)O)nnn1Cc1nn(C)c2ccccc12. The van der Waals surface area contributed by atoms with E-state index in [1.165, 1.54) is 0 Å². The van der Waals surface area contributed by atoms with E-state index < -0.39 is 5.97 Å². The number of aryl methyl sites for hydroxylation is 1. The highest BCUT2D eigenvalue weighted by atomic mass is 16.4. The van der Waals surface area contributed by atoms with Gasteiger partial charge in [-0.1, -0.05) is 23.4 Å². The van der Waals surface area contributed by atoms with Crippen molar-refractivity contribution in [1.29, 1.82) is 0 Å². The number of rotatable bonds is 3. The van der Waals surface area contributed by atoms with E-state index in [-0.39, 0.29) is 5.69 Å². The van der Waals surface area contributed by atoms with E-state index in [9.17, 15) is 4.79 Å². The predicted octanol–water partition coefficient (Wildman–Crippen LogP) is 1.22. The van der Waals surface area contributed by atoms with Gasteiger partial charge in [-0.15, -0.1) is 5.10 Å². The van der Waals surface area contributed by atoms with Crippen LogP contribution in [-0.4, -0.2) is 35.9 Å². The van der Waals surface area contributed by atoms with Crippen LogP contribution in [0.2, 0.25) is 0 Å². The number of hydrogen-bond donors (Lipinski definition) is 1. The molecule has 0 aliphatic carbocycles. The van der Waals surface area contributed by atoms with Gasteiger partial charge in [-0.3, -0.25) is 4.68 Å². The Bertz CT molecular complexity index is 802. The van der Waals surface area contributed by atoms with Crippen molar-refractivity contribution in [3.05, 3.63) is 41.3 Å². The minimum atomic E-state index is -1.07. The molecule has 0 aliphatic rings.